The van der Waals surface area contributed by atoms with E-state index in [-0.39, 0.29) is 5.89 Å². The molecule has 1 aromatic heterocycles. The molecule has 0 aliphatic carbocycles. The molecular weight excluding hydrogens is 298 g/mol. The summed E-state index contributed by atoms with van der Waals surface area (Å²) in [6.45, 7) is 1.59. The van der Waals surface area contributed by atoms with Crippen molar-refractivity contribution in [2.45, 2.75) is 25.5 Å². The predicted octanol–water partition coefficient (Wildman–Crippen LogP) is 1.80. The summed E-state index contributed by atoms with van der Waals surface area (Å²) in [5, 5.41) is 13.2. The molecule has 0 amide bonds. The second kappa shape index (κ2) is 5.60. The molecule has 0 fully saturated rings. The zero-order chi connectivity index (χ0) is 13.1. The van der Waals surface area contributed by atoms with Crippen LogP contribution in [0.25, 0.3) is 0 Å². The molecule has 2 rings (SSSR count). The molecule has 3 N–H and O–H groups in total. The number of rotatable bonds is 4. The molecule has 2 unspecified atom stereocenters. The highest BCUT2D eigenvalue weighted by Gasteiger charge is 2.19. The maximum atomic E-state index is 9.35. The Morgan fingerprint density at radius 3 is 2.67 bits per heavy atom. The van der Waals surface area contributed by atoms with Gasteiger partial charge < -0.3 is 15.4 Å². The number of hydrogen-bond acceptors (Lipinski definition) is 5. The summed E-state index contributed by atoms with van der Waals surface area (Å²) in [6, 6.07) is 7.23. The van der Waals surface area contributed by atoms with Crippen molar-refractivity contribution < 1.29 is 9.63 Å². The molecule has 18 heavy (non-hydrogen) atoms. The molecule has 0 bridgehead atoms. The van der Waals surface area contributed by atoms with Gasteiger partial charge in [0, 0.05) is 10.9 Å². The number of aliphatic hydroxyl groups excluding tert-OH is 1. The summed E-state index contributed by atoms with van der Waals surface area (Å²) in [7, 11) is 0. The van der Waals surface area contributed by atoms with E-state index in [0.29, 0.717) is 12.2 Å². The lowest BCUT2D eigenvalue weighted by Crippen LogP contribution is -2.23. The molecule has 2 atom stereocenters. The lowest BCUT2D eigenvalue weighted by Gasteiger charge is -2.08. The summed E-state index contributed by atoms with van der Waals surface area (Å²) in [5.41, 5.74) is 6.79. The lowest BCUT2D eigenvalue weighted by atomic mass is 10.1. The van der Waals surface area contributed by atoms with Crippen LogP contribution in [0.4, 0.5) is 0 Å². The van der Waals surface area contributed by atoms with Gasteiger partial charge in [-0.05, 0) is 24.6 Å². The summed E-state index contributed by atoms with van der Waals surface area (Å²) in [5.74, 6) is 0.820. The van der Waals surface area contributed by atoms with Crippen molar-refractivity contribution in [2.24, 2.45) is 5.73 Å². The van der Waals surface area contributed by atoms with E-state index in [1.807, 2.05) is 24.3 Å². The van der Waals surface area contributed by atoms with Crippen LogP contribution >= 0.6 is 15.9 Å². The molecule has 96 valence electrons. The minimum atomic E-state index is -0.717. The SMILES string of the molecule is CC(O)C(N)c1nc(Cc2ccc(Br)cc2)no1. The highest BCUT2D eigenvalue weighted by molar-refractivity contribution is 9.10. The van der Waals surface area contributed by atoms with Gasteiger partial charge in [-0.1, -0.05) is 33.2 Å². The molecule has 0 aliphatic rings. The standard InChI is InChI=1S/C12H14BrN3O2/c1-7(17)11(14)12-15-10(16-18-12)6-8-2-4-9(13)5-3-8/h2-5,7,11,17H,6,14H2,1H3. The second-order valence-corrected chi connectivity index (χ2v) is 5.03. The van der Waals surface area contributed by atoms with E-state index < -0.39 is 12.1 Å². The topological polar surface area (TPSA) is 85.2 Å². The Labute approximate surface area is 113 Å². The van der Waals surface area contributed by atoms with Crippen molar-refractivity contribution in [3.63, 3.8) is 0 Å². The van der Waals surface area contributed by atoms with Gasteiger partial charge in [-0.15, -0.1) is 0 Å². The van der Waals surface area contributed by atoms with Gasteiger partial charge in [-0.2, -0.15) is 4.98 Å². The van der Waals surface area contributed by atoms with E-state index in [2.05, 4.69) is 26.1 Å². The highest BCUT2D eigenvalue weighted by atomic mass is 79.9. The second-order valence-electron chi connectivity index (χ2n) is 4.12. The average Bonchev–Trinajstić information content (AvgIpc) is 2.79. The van der Waals surface area contributed by atoms with Crippen molar-refractivity contribution in [3.05, 3.63) is 46.0 Å². The summed E-state index contributed by atoms with van der Waals surface area (Å²) in [6.07, 6.45) is -0.144. The number of hydrogen-bond donors (Lipinski definition) is 2. The Balaban J connectivity index is 2.09. The predicted molar refractivity (Wildman–Crippen MR) is 69.9 cm³/mol. The third-order valence-electron chi connectivity index (χ3n) is 2.56. The summed E-state index contributed by atoms with van der Waals surface area (Å²) < 4.78 is 6.05. The van der Waals surface area contributed by atoms with Crippen molar-refractivity contribution in [3.8, 4) is 0 Å². The van der Waals surface area contributed by atoms with Gasteiger partial charge in [0.2, 0.25) is 5.89 Å². The van der Waals surface area contributed by atoms with Gasteiger partial charge in [-0.3, -0.25) is 0 Å². The molecule has 0 spiro atoms. The van der Waals surface area contributed by atoms with Crippen LogP contribution in [0.15, 0.2) is 33.3 Å². The monoisotopic (exact) mass is 311 g/mol. The molecule has 1 heterocycles. The fourth-order valence-corrected chi connectivity index (χ4v) is 1.73. The van der Waals surface area contributed by atoms with E-state index in [1.54, 1.807) is 6.92 Å². The number of nitrogens with zero attached hydrogens (tertiary/aromatic N) is 2. The molecule has 2 aromatic rings. The lowest BCUT2D eigenvalue weighted by molar-refractivity contribution is 0.146. The minimum Gasteiger partial charge on any atom is -0.391 e. The first-order valence-electron chi connectivity index (χ1n) is 5.57. The van der Waals surface area contributed by atoms with Crippen molar-refractivity contribution in [1.82, 2.24) is 10.1 Å². The molecule has 0 radical (unpaired) electrons. The molecule has 0 saturated carbocycles. The maximum absolute atomic E-state index is 9.35. The Bertz CT molecular complexity index is 510. The van der Waals surface area contributed by atoms with Gasteiger partial charge in [0.1, 0.15) is 6.04 Å². The van der Waals surface area contributed by atoms with Gasteiger partial charge >= 0.3 is 0 Å². The highest BCUT2D eigenvalue weighted by Crippen LogP contribution is 2.15. The fraction of sp³-hybridized carbons (Fsp3) is 0.333. The largest absolute Gasteiger partial charge is 0.391 e. The number of aliphatic hydroxyl groups is 1. The zero-order valence-corrected chi connectivity index (χ0v) is 11.5. The van der Waals surface area contributed by atoms with Crippen LogP contribution in [0.2, 0.25) is 0 Å². The first-order chi connectivity index (χ1) is 8.56. The summed E-state index contributed by atoms with van der Waals surface area (Å²) >= 11 is 3.38. The molecule has 6 heteroatoms. The van der Waals surface area contributed by atoms with Crippen LogP contribution in [0.3, 0.4) is 0 Å². The van der Waals surface area contributed by atoms with Gasteiger partial charge in [0.25, 0.3) is 0 Å². The van der Waals surface area contributed by atoms with Crippen molar-refractivity contribution in [1.29, 1.82) is 0 Å². The average molecular weight is 312 g/mol. The van der Waals surface area contributed by atoms with Gasteiger partial charge in [-0.25, -0.2) is 0 Å². The molecule has 0 saturated heterocycles. The molecular formula is C12H14BrN3O2. The van der Waals surface area contributed by atoms with Crippen LogP contribution < -0.4 is 5.73 Å². The quantitative estimate of drug-likeness (QED) is 0.899. The summed E-state index contributed by atoms with van der Waals surface area (Å²) in [4.78, 5) is 4.17. The van der Waals surface area contributed by atoms with Gasteiger partial charge in [0.05, 0.1) is 6.10 Å². The number of benzene rings is 1. The smallest absolute Gasteiger partial charge is 0.246 e. The Morgan fingerprint density at radius 2 is 2.06 bits per heavy atom. The van der Waals surface area contributed by atoms with E-state index in [9.17, 15) is 5.11 Å². The van der Waals surface area contributed by atoms with E-state index in [1.165, 1.54) is 0 Å². The first-order valence-corrected chi connectivity index (χ1v) is 6.36. The number of halogens is 1. The van der Waals surface area contributed by atoms with Crippen LogP contribution in [0.5, 0.6) is 0 Å². The van der Waals surface area contributed by atoms with Gasteiger partial charge in [0.15, 0.2) is 5.82 Å². The maximum Gasteiger partial charge on any atom is 0.246 e. The molecule has 5 nitrogen and oxygen atoms in total. The van der Waals surface area contributed by atoms with Crippen LogP contribution in [-0.2, 0) is 6.42 Å². The van der Waals surface area contributed by atoms with E-state index in [4.69, 9.17) is 10.3 Å². The number of nitrogens with two attached hydrogens (primary N) is 1. The van der Waals surface area contributed by atoms with Crippen LogP contribution in [0, 0.1) is 0 Å². The molecule has 1 aromatic carbocycles. The minimum absolute atomic E-state index is 0.261. The van der Waals surface area contributed by atoms with Crippen molar-refractivity contribution >= 4 is 15.9 Å². The normalized spacial score (nSPS) is 14.4. The van der Waals surface area contributed by atoms with E-state index >= 15 is 0 Å². The van der Waals surface area contributed by atoms with Crippen molar-refractivity contribution in [2.75, 3.05) is 0 Å². The Hall–Kier alpha value is -1.24. The fourth-order valence-electron chi connectivity index (χ4n) is 1.47. The third-order valence-corrected chi connectivity index (χ3v) is 3.09. The first kappa shape index (κ1) is 13.2. The Morgan fingerprint density at radius 1 is 1.39 bits per heavy atom. The van der Waals surface area contributed by atoms with Crippen LogP contribution in [-0.4, -0.2) is 21.4 Å². The molecule has 0 aliphatic heterocycles. The zero-order valence-electron chi connectivity index (χ0n) is 9.88. The third kappa shape index (κ3) is 3.16. The Kier molecular flexibility index (Phi) is 4.11. The van der Waals surface area contributed by atoms with E-state index in [0.717, 1.165) is 10.0 Å². The number of aromatic nitrogens is 2. The van der Waals surface area contributed by atoms with Crippen LogP contribution in [0.1, 0.15) is 30.2 Å².